The molecule has 0 aromatic rings. The molecule has 2 rings (SSSR count). The van der Waals surface area contributed by atoms with Crippen LogP contribution in [0.3, 0.4) is 0 Å². The highest BCUT2D eigenvalue weighted by atomic mass is 35.5. The van der Waals surface area contributed by atoms with Crippen molar-refractivity contribution in [1.29, 1.82) is 0 Å². The van der Waals surface area contributed by atoms with Crippen LogP contribution in [0.5, 0.6) is 0 Å². The Morgan fingerprint density at radius 1 is 1.26 bits per heavy atom. The first-order valence-electron chi connectivity index (χ1n) is 6.96. The molecular formula is C13H25ClN2O2S. The van der Waals surface area contributed by atoms with E-state index in [1.807, 2.05) is 11.8 Å². The van der Waals surface area contributed by atoms with Gasteiger partial charge in [-0.3, -0.25) is 4.79 Å². The summed E-state index contributed by atoms with van der Waals surface area (Å²) in [7, 11) is 0. The van der Waals surface area contributed by atoms with Crippen molar-refractivity contribution in [2.75, 3.05) is 31.3 Å². The van der Waals surface area contributed by atoms with Crippen LogP contribution in [-0.2, 0) is 9.53 Å². The minimum Gasteiger partial charge on any atom is -0.381 e. The first-order chi connectivity index (χ1) is 8.77. The Bertz CT molecular complexity index is 269. The van der Waals surface area contributed by atoms with Crippen LogP contribution in [0.4, 0.5) is 0 Å². The maximum Gasteiger partial charge on any atom is 0.237 e. The predicted octanol–water partition coefficient (Wildman–Crippen LogP) is 1.42. The van der Waals surface area contributed by atoms with E-state index in [1.54, 1.807) is 0 Å². The number of nitrogens with two attached hydrogens (primary N) is 1. The highest BCUT2D eigenvalue weighted by Crippen LogP contribution is 2.22. The monoisotopic (exact) mass is 308 g/mol. The Balaban J connectivity index is 0.00000180. The second kappa shape index (κ2) is 9.06. The Hall–Kier alpha value is 0.0300. The average molecular weight is 309 g/mol. The van der Waals surface area contributed by atoms with Crippen LogP contribution in [0.15, 0.2) is 0 Å². The summed E-state index contributed by atoms with van der Waals surface area (Å²) in [5, 5.41) is 3.04. The minimum absolute atomic E-state index is 0. The maximum atomic E-state index is 12.0. The molecule has 0 bridgehead atoms. The Morgan fingerprint density at radius 3 is 2.53 bits per heavy atom. The minimum atomic E-state index is -0.355. The number of carbonyl (C=O) groups excluding carboxylic acids is 1. The molecule has 6 heteroatoms. The number of ether oxygens (including phenoxy) is 1. The van der Waals surface area contributed by atoms with E-state index >= 15 is 0 Å². The van der Waals surface area contributed by atoms with Gasteiger partial charge in [0.05, 0.1) is 6.04 Å². The van der Waals surface area contributed by atoms with E-state index in [-0.39, 0.29) is 24.4 Å². The number of thioether (sulfide) groups is 1. The lowest BCUT2D eigenvalue weighted by molar-refractivity contribution is -0.124. The van der Waals surface area contributed by atoms with Crippen LogP contribution < -0.4 is 11.1 Å². The standard InChI is InChI=1S/C13H24N2O2S.ClH/c14-12(11-1-5-17-6-2-11)13(16)15-9-10-3-7-18-8-4-10;/h10-12H,1-9,14H2,(H,15,16);1H. The fraction of sp³-hybridized carbons (Fsp3) is 0.923. The molecule has 2 heterocycles. The molecule has 1 unspecified atom stereocenters. The predicted molar refractivity (Wildman–Crippen MR) is 81.8 cm³/mol. The molecule has 2 aliphatic rings. The fourth-order valence-electron chi connectivity index (χ4n) is 2.60. The molecule has 0 radical (unpaired) electrons. The van der Waals surface area contributed by atoms with Crippen molar-refractivity contribution in [3.8, 4) is 0 Å². The normalized spacial score (nSPS) is 23.4. The van der Waals surface area contributed by atoms with Crippen molar-refractivity contribution in [2.24, 2.45) is 17.6 Å². The van der Waals surface area contributed by atoms with E-state index in [4.69, 9.17) is 10.5 Å². The fourth-order valence-corrected chi connectivity index (χ4v) is 3.81. The Kier molecular flexibility index (Phi) is 8.14. The number of halogens is 1. The lowest BCUT2D eigenvalue weighted by atomic mass is 9.91. The van der Waals surface area contributed by atoms with Crippen LogP contribution >= 0.6 is 24.2 Å². The van der Waals surface area contributed by atoms with Gasteiger partial charge in [0.15, 0.2) is 0 Å². The second-order valence-corrected chi connectivity index (χ2v) is 6.50. The number of hydrogen-bond donors (Lipinski definition) is 2. The molecule has 1 amide bonds. The Labute approximate surface area is 126 Å². The lowest BCUT2D eigenvalue weighted by Crippen LogP contribution is -2.48. The molecule has 3 N–H and O–H groups in total. The Morgan fingerprint density at radius 2 is 1.89 bits per heavy atom. The summed E-state index contributed by atoms with van der Waals surface area (Å²) < 4.78 is 5.30. The van der Waals surface area contributed by atoms with Gasteiger partial charge >= 0.3 is 0 Å². The van der Waals surface area contributed by atoms with E-state index in [0.29, 0.717) is 11.8 Å². The van der Waals surface area contributed by atoms with Gasteiger partial charge < -0.3 is 15.8 Å². The number of amides is 1. The van der Waals surface area contributed by atoms with Crippen LogP contribution in [0.2, 0.25) is 0 Å². The average Bonchev–Trinajstić information content (AvgIpc) is 2.46. The summed E-state index contributed by atoms with van der Waals surface area (Å²) in [6, 6.07) is -0.355. The molecule has 2 fully saturated rings. The maximum absolute atomic E-state index is 12.0. The number of rotatable bonds is 4. The van der Waals surface area contributed by atoms with E-state index in [1.165, 1.54) is 24.3 Å². The smallest absolute Gasteiger partial charge is 0.237 e. The summed E-state index contributed by atoms with van der Waals surface area (Å²) in [6.45, 7) is 2.29. The van der Waals surface area contributed by atoms with Gasteiger partial charge in [-0.1, -0.05) is 0 Å². The molecule has 0 saturated carbocycles. The summed E-state index contributed by atoms with van der Waals surface area (Å²) >= 11 is 2.01. The topological polar surface area (TPSA) is 64.4 Å². The summed E-state index contributed by atoms with van der Waals surface area (Å²) in [5.74, 6) is 3.43. The van der Waals surface area contributed by atoms with Crippen LogP contribution in [0.25, 0.3) is 0 Å². The lowest BCUT2D eigenvalue weighted by Gasteiger charge is -2.28. The number of carbonyl (C=O) groups is 1. The van der Waals surface area contributed by atoms with E-state index < -0.39 is 0 Å². The third-order valence-electron chi connectivity index (χ3n) is 3.98. The summed E-state index contributed by atoms with van der Waals surface area (Å²) in [6.07, 6.45) is 4.26. The molecule has 1 atom stereocenters. The van der Waals surface area contributed by atoms with E-state index in [9.17, 15) is 4.79 Å². The van der Waals surface area contributed by atoms with Gasteiger partial charge in [0, 0.05) is 19.8 Å². The first kappa shape index (κ1) is 17.1. The van der Waals surface area contributed by atoms with Crippen molar-refractivity contribution in [1.82, 2.24) is 5.32 Å². The molecule has 2 saturated heterocycles. The molecule has 0 aromatic heterocycles. The van der Waals surface area contributed by atoms with Crippen molar-refractivity contribution in [3.05, 3.63) is 0 Å². The van der Waals surface area contributed by atoms with Gasteiger partial charge in [0.25, 0.3) is 0 Å². The SMILES string of the molecule is Cl.NC(C(=O)NCC1CCSCC1)C1CCOCC1. The molecule has 19 heavy (non-hydrogen) atoms. The van der Waals surface area contributed by atoms with Gasteiger partial charge in [0.1, 0.15) is 0 Å². The van der Waals surface area contributed by atoms with Gasteiger partial charge in [-0.05, 0) is 49.0 Å². The highest BCUT2D eigenvalue weighted by Gasteiger charge is 2.26. The van der Waals surface area contributed by atoms with Crippen molar-refractivity contribution >= 4 is 30.1 Å². The molecule has 0 aromatic carbocycles. The van der Waals surface area contributed by atoms with Crippen LogP contribution in [0.1, 0.15) is 25.7 Å². The van der Waals surface area contributed by atoms with Crippen molar-refractivity contribution in [2.45, 2.75) is 31.7 Å². The largest absolute Gasteiger partial charge is 0.381 e. The molecule has 0 spiro atoms. The van der Waals surface area contributed by atoms with E-state index in [2.05, 4.69) is 5.32 Å². The zero-order chi connectivity index (χ0) is 12.8. The summed E-state index contributed by atoms with van der Waals surface area (Å²) in [4.78, 5) is 12.0. The molecule has 2 aliphatic heterocycles. The third-order valence-corrected chi connectivity index (χ3v) is 5.03. The number of hydrogen-bond acceptors (Lipinski definition) is 4. The van der Waals surface area contributed by atoms with Crippen LogP contribution in [-0.4, -0.2) is 43.2 Å². The highest BCUT2D eigenvalue weighted by molar-refractivity contribution is 7.99. The zero-order valence-corrected chi connectivity index (χ0v) is 12.9. The van der Waals surface area contributed by atoms with Gasteiger partial charge in [0.2, 0.25) is 5.91 Å². The molecular weight excluding hydrogens is 284 g/mol. The van der Waals surface area contributed by atoms with Gasteiger partial charge in [-0.15, -0.1) is 12.4 Å². The van der Waals surface area contributed by atoms with Gasteiger partial charge in [-0.25, -0.2) is 0 Å². The molecule has 4 nitrogen and oxygen atoms in total. The molecule has 0 aliphatic carbocycles. The van der Waals surface area contributed by atoms with Crippen molar-refractivity contribution in [3.63, 3.8) is 0 Å². The summed E-state index contributed by atoms with van der Waals surface area (Å²) in [5.41, 5.74) is 6.04. The second-order valence-electron chi connectivity index (χ2n) is 5.28. The van der Waals surface area contributed by atoms with Crippen molar-refractivity contribution < 1.29 is 9.53 Å². The van der Waals surface area contributed by atoms with Gasteiger partial charge in [-0.2, -0.15) is 11.8 Å². The zero-order valence-electron chi connectivity index (χ0n) is 11.3. The first-order valence-corrected chi connectivity index (χ1v) is 8.11. The molecule has 112 valence electrons. The number of nitrogens with one attached hydrogen (secondary N) is 1. The van der Waals surface area contributed by atoms with E-state index in [0.717, 1.165) is 32.6 Å². The quantitative estimate of drug-likeness (QED) is 0.824. The van der Waals surface area contributed by atoms with Crippen LogP contribution in [0, 0.1) is 11.8 Å². The third kappa shape index (κ3) is 5.50.